The van der Waals surface area contributed by atoms with Crippen molar-refractivity contribution < 1.29 is 9.53 Å². The maximum atomic E-state index is 12.0. The van der Waals surface area contributed by atoms with Crippen molar-refractivity contribution in [1.29, 1.82) is 0 Å². The molecule has 1 aliphatic heterocycles. The molecule has 2 rings (SSSR count). The van der Waals surface area contributed by atoms with Crippen molar-refractivity contribution in [2.45, 2.75) is 39.7 Å². The fourth-order valence-corrected chi connectivity index (χ4v) is 2.46. The number of piperidine rings is 1. The number of carbonyl (C=O) groups is 1. The molecule has 21 heavy (non-hydrogen) atoms. The van der Waals surface area contributed by atoms with Crippen molar-refractivity contribution in [3.8, 4) is 0 Å². The molecule has 1 saturated heterocycles. The van der Waals surface area contributed by atoms with Gasteiger partial charge in [-0.3, -0.25) is 9.59 Å². The van der Waals surface area contributed by atoms with Gasteiger partial charge in [-0.1, -0.05) is 6.92 Å². The van der Waals surface area contributed by atoms with E-state index in [2.05, 4.69) is 16.9 Å². The first kappa shape index (κ1) is 15.5. The van der Waals surface area contributed by atoms with Gasteiger partial charge in [0.05, 0.1) is 31.5 Å². The second-order valence-corrected chi connectivity index (χ2v) is 5.50. The Morgan fingerprint density at radius 3 is 2.76 bits per heavy atom. The first-order chi connectivity index (χ1) is 10.1. The van der Waals surface area contributed by atoms with E-state index in [-0.39, 0.29) is 24.5 Å². The molecule has 0 amide bonds. The van der Waals surface area contributed by atoms with Gasteiger partial charge < -0.3 is 9.64 Å². The van der Waals surface area contributed by atoms with Crippen molar-refractivity contribution in [3.63, 3.8) is 0 Å². The van der Waals surface area contributed by atoms with Crippen LogP contribution >= 0.6 is 0 Å². The summed E-state index contributed by atoms with van der Waals surface area (Å²) in [6.07, 6.45) is 4.17. The minimum atomic E-state index is -0.305. The summed E-state index contributed by atoms with van der Waals surface area (Å²) in [7, 11) is 0. The number of rotatable bonds is 5. The van der Waals surface area contributed by atoms with Gasteiger partial charge in [0.25, 0.3) is 5.56 Å². The number of nitrogens with zero attached hydrogens (tertiary/aromatic N) is 3. The van der Waals surface area contributed by atoms with E-state index >= 15 is 0 Å². The molecular weight excluding hydrogens is 270 g/mol. The van der Waals surface area contributed by atoms with Gasteiger partial charge in [-0.25, -0.2) is 4.68 Å². The summed E-state index contributed by atoms with van der Waals surface area (Å²) in [6, 6.07) is 1.61. The molecule has 1 aromatic rings. The maximum Gasteiger partial charge on any atom is 0.307 e. The Morgan fingerprint density at radius 1 is 1.43 bits per heavy atom. The number of anilines is 1. The number of esters is 1. The lowest BCUT2D eigenvalue weighted by Gasteiger charge is -2.31. The summed E-state index contributed by atoms with van der Waals surface area (Å²) < 4.78 is 6.15. The Hall–Kier alpha value is -1.85. The normalized spacial score (nSPS) is 16.0. The van der Waals surface area contributed by atoms with Gasteiger partial charge in [-0.15, -0.1) is 0 Å². The average molecular weight is 293 g/mol. The van der Waals surface area contributed by atoms with Crippen LogP contribution in [0.5, 0.6) is 0 Å². The Kier molecular flexibility index (Phi) is 5.36. The highest BCUT2D eigenvalue weighted by Crippen LogP contribution is 2.20. The van der Waals surface area contributed by atoms with Crippen LogP contribution in [0.1, 0.15) is 33.1 Å². The van der Waals surface area contributed by atoms with E-state index in [1.165, 1.54) is 4.68 Å². The third-order valence-corrected chi connectivity index (χ3v) is 3.84. The van der Waals surface area contributed by atoms with Gasteiger partial charge in [0, 0.05) is 19.2 Å². The largest absolute Gasteiger partial charge is 0.466 e. The van der Waals surface area contributed by atoms with Crippen molar-refractivity contribution in [3.05, 3.63) is 22.6 Å². The lowest BCUT2D eigenvalue weighted by atomic mass is 9.99. The van der Waals surface area contributed by atoms with Gasteiger partial charge >= 0.3 is 5.97 Å². The summed E-state index contributed by atoms with van der Waals surface area (Å²) in [4.78, 5) is 25.5. The van der Waals surface area contributed by atoms with E-state index in [9.17, 15) is 9.59 Å². The van der Waals surface area contributed by atoms with Crippen LogP contribution in [0.3, 0.4) is 0 Å². The van der Waals surface area contributed by atoms with E-state index in [1.807, 2.05) is 0 Å². The number of aromatic nitrogens is 2. The van der Waals surface area contributed by atoms with Crippen molar-refractivity contribution in [2.24, 2.45) is 5.92 Å². The fourth-order valence-electron chi connectivity index (χ4n) is 2.46. The van der Waals surface area contributed by atoms with E-state index < -0.39 is 0 Å². The van der Waals surface area contributed by atoms with Gasteiger partial charge in [0.1, 0.15) is 0 Å². The molecule has 0 atom stereocenters. The zero-order valence-corrected chi connectivity index (χ0v) is 12.7. The maximum absolute atomic E-state index is 12.0. The lowest BCUT2D eigenvalue weighted by molar-refractivity contribution is -0.143. The molecule has 2 heterocycles. The minimum Gasteiger partial charge on any atom is -0.466 e. The van der Waals surface area contributed by atoms with Gasteiger partial charge in [-0.2, -0.15) is 5.10 Å². The van der Waals surface area contributed by atoms with Crippen molar-refractivity contribution in [2.75, 3.05) is 24.6 Å². The topological polar surface area (TPSA) is 64.4 Å². The number of hydrogen-bond acceptors (Lipinski definition) is 5. The molecule has 0 bridgehead atoms. The Morgan fingerprint density at radius 2 is 2.14 bits per heavy atom. The first-order valence-electron chi connectivity index (χ1n) is 7.58. The van der Waals surface area contributed by atoms with Crippen molar-refractivity contribution in [1.82, 2.24) is 9.78 Å². The smallest absolute Gasteiger partial charge is 0.307 e. The highest BCUT2D eigenvalue weighted by molar-refractivity contribution is 5.69. The van der Waals surface area contributed by atoms with Crippen LogP contribution < -0.4 is 10.5 Å². The molecule has 116 valence electrons. The van der Waals surface area contributed by atoms with E-state index in [1.54, 1.807) is 19.2 Å². The van der Waals surface area contributed by atoms with Crippen LogP contribution in [-0.4, -0.2) is 35.4 Å². The monoisotopic (exact) mass is 293 g/mol. The molecule has 1 aromatic heterocycles. The Labute approximate surface area is 124 Å². The third kappa shape index (κ3) is 4.31. The summed E-state index contributed by atoms with van der Waals surface area (Å²) in [6.45, 7) is 6.56. The van der Waals surface area contributed by atoms with Crippen LogP contribution in [0.15, 0.2) is 17.1 Å². The predicted octanol–water partition coefficient (Wildman–Crippen LogP) is 1.43. The highest BCUT2D eigenvalue weighted by atomic mass is 16.5. The minimum absolute atomic E-state index is 0.168. The van der Waals surface area contributed by atoms with E-state index in [0.717, 1.165) is 37.5 Å². The van der Waals surface area contributed by atoms with Crippen LogP contribution in [0.4, 0.5) is 5.69 Å². The Balaban J connectivity index is 1.97. The molecule has 0 N–H and O–H groups in total. The van der Waals surface area contributed by atoms with Crippen LogP contribution in [0.25, 0.3) is 0 Å². The van der Waals surface area contributed by atoms with Gasteiger partial charge in [0.2, 0.25) is 0 Å². The standard InChI is InChI=1S/C15H23N3O3/c1-3-21-15(20)6-9-18-14(19)10-13(11-16-18)17-7-4-12(2)5-8-17/h10-12H,3-9H2,1-2H3. The molecule has 1 aliphatic rings. The van der Waals surface area contributed by atoms with Crippen LogP contribution in [-0.2, 0) is 16.1 Å². The average Bonchev–Trinajstić information content (AvgIpc) is 2.47. The molecule has 6 nitrogen and oxygen atoms in total. The van der Waals surface area contributed by atoms with Crippen LogP contribution in [0, 0.1) is 5.92 Å². The van der Waals surface area contributed by atoms with Crippen LogP contribution in [0.2, 0.25) is 0 Å². The highest BCUT2D eigenvalue weighted by Gasteiger charge is 2.17. The van der Waals surface area contributed by atoms with Gasteiger partial charge in [0.15, 0.2) is 0 Å². The Bertz CT molecular complexity index is 533. The van der Waals surface area contributed by atoms with Crippen molar-refractivity contribution >= 4 is 11.7 Å². The first-order valence-corrected chi connectivity index (χ1v) is 7.58. The number of aryl methyl sites for hydroxylation is 1. The summed E-state index contributed by atoms with van der Waals surface area (Å²) in [5.74, 6) is 0.444. The molecule has 0 aliphatic carbocycles. The molecule has 1 fully saturated rings. The predicted molar refractivity (Wildman–Crippen MR) is 80.4 cm³/mol. The van der Waals surface area contributed by atoms with Gasteiger partial charge in [-0.05, 0) is 25.7 Å². The SMILES string of the molecule is CCOC(=O)CCn1ncc(N2CCC(C)CC2)cc1=O. The fraction of sp³-hybridized carbons (Fsp3) is 0.667. The molecule has 0 unspecified atom stereocenters. The zero-order chi connectivity index (χ0) is 15.2. The lowest BCUT2D eigenvalue weighted by Crippen LogP contribution is -2.34. The molecule has 0 spiro atoms. The number of ether oxygens (including phenoxy) is 1. The number of carbonyl (C=O) groups excluding carboxylic acids is 1. The molecular formula is C15H23N3O3. The van der Waals surface area contributed by atoms with E-state index in [0.29, 0.717) is 6.61 Å². The quantitative estimate of drug-likeness (QED) is 0.769. The molecule has 0 saturated carbocycles. The summed E-state index contributed by atoms with van der Waals surface area (Å²) in [5.41, 5.74) is 0.703. The number of hydrogen-bond donors (Lipinski definition) is 0. The summed E-state index contributed by atoms with van der Waals surface area (Å²) >= 11 is 0. The summed E-state index contributed by atoms with van der Waals surface area (Å²) in [5, 5.41) is 4.16. The molecule has 0 radical (unpaired) electrons. The third-order valence-electron chi connectivity index (χ3n) is 3.84. The molecule has 0 aromatic carbocycles. The molecule has 6 heteroatoms. The van der Waals surface area contributed by atoms with E-state index in [4.69, 9.17) is 4.74 Å². The second kappa shape index (κ2) is 7.24. The zero-order valence-electron chi connectivity index (χ0n) is 12.7. The second-order valence-electron chi connectivity index (χ2n) is 5.50.